The summed E-state index contributed by atoms with van der Waals surface area (Å²) < 4.78 is 20.3. The van der Waals surface area contributed by atoms with E-state index >= 15 is 4.39 Å². The monoisotopic (exact) mass is 422 g/mol. The Kier molecular flexibility index (Phi) is 5.83. The number of esters is 1. The molecular formula is C25H39FO4. The van der Waals surface area contributed by atoms with Crippen molar-refractivity contribution in [3.8, 4) is 0 Å². The Morgan fingerprint density at radius 2 is 1.80 bits per heavy atom. The van der Waals surface area contributed by atoms with Gasteiger partial charge in [-0.1, -0.05) is 20.8 Å². The number of hydrogen-bond donors (Lipinski definition) is 1. The molecule has 170 valence electrons. The molecule has 4 nitrogen and oxygen atoms in total. The van der Waals surface area contributed by atoms with Crippen molar-refractivity contribution in [1.82, 2.24) is 0 Å². The maximum atomic E-state index is 15.5. The molecular weight excluding hydrogens is 383 g/mol. The van der Waals surface area contributed by atoms with Crippen LogP contribution in [0.3, 0.4) is 0 Å². The fraction of sp³-hybridized carbons (Fsp3) is 0.920. The van der Waals surface area contributed by atoms with Gasteiger partial charge in [0.15, 0.2) is 12.0 Å². The van der Waals surface area contributed by atoms with Gasteiger partial charge in [0.05, 0.1) is 13.2 Å². The van der Waals surface area contributed by atoms with Gasteiger partial charge in [-0.15, -0.1) is 0 Å². The zero-order valence-electron chi connectivity index (χ0n) is 19.0. The molecule has 0 unspecified atom stereocenters. The van der Waals surface area contributed by atoms with Crippen LogP contribution in [-0.4, -0.2) is 36.2 Å². The van der Waals surface area contributed by atoms with Gasteiger partial charge in [-0.05, 0) is 85.9 Å². The van der Waals surface area contributed by atoms with Crippen LogP contribution in [0.15, 0.2) is 0 Å². The molecule has 0 radical (unpaired) electrons. The van der Waals surface area contributed by atoms with E-state index in [0.717, 1.165) is 44.9 Å². The average Bonchev–Trinajstić information content (AvgIpc) is 3.08. The van der Waals surface area contributed by atoms with E-state index in [1.807, 2.05) is 0 Å². The number of ketones is 1. The number of fused-ring (bicyclic) bond motifs is 5. The van der Waals surface area contributed by atoms with E-state index in [0.29, 0.717) is 24.7 Å². The lowest BCUT2D eigenvalue weighted by molar-refractivity contribution is -0.175. The van der Waals surface area contributed by atoms with E-state index in [1.165, 1.54) is 7.11 Å². The SMILES string of the molecule is COC(=O)CC[C@@H](C)[C@H]1CC[C@H]2[C@@H]3C(=O)[C@H](F)[C@@H]4C[C@H](O)CC[C@]4(C)[C@H]3CC[C@]12C. The van der Waals surface area contributed by atoms with Gasteiger partial charge in [-0.25, -0.2) is 4.39 Å². The molecule has 30 heavy (non-hydrogen) atoms. The first-order valence-corrected chi connectivity index (χ1v) is 12.1. The Labute approximate surface area is 180 Å². The van der Waals surface area contributed by atoms with Crippen LogP contribution >= 0.6 is 0 Å². The van der Waals surface area contributed by atoms with Crippen molar-refractivity contribution in [2.45, 2.75) is 90.8 Å². The van der Waals surface area contributed by atoms with Crippen LogP contribution in [-0.2, 0) is 14.3 Å². The number of Topliss-reactive ketones (excluding diaryl/α,β-unsaturated/α-hetero) is 1. The Morgan fingerprint density at radius 1 is 1.13 bits per heavy atom. The van der Waals surface area contributed by atoms with Crippen LogP contribution in [0.2, 0.25) is 0 Å². The minimum atomic E-state index is -1.43. The van der Waals surface area contributed by atoms with Gasteiger partial charge >= 0.3 is 5.97 Å². The van der Waals surface area contributed by atoms with Crippen molar-refractivity contribution in [3.63, 3.8) is 0 Å². The zero-order chi connectivity index (χ0) is 21.8. The second-order valence-corrected chi connectivity index (χ2v) is 11.4. The van der Waals surface area contributed by atoms with Crippen molar-refractivity contribution >= 4 is 11.8 Å². The van der Waals surface area contributed by atoms with E-state index in [9.17, 15) is 14.7 Å². The number of carbonyl (C=O) groups is 2. The summed E-state index contributed by atoms with van der Waals surface area (Å²) in [6.45, 7) is 6.77. The first-order valence-electron chi connectivity index (χ1n) is 12.1. The number of hydrogen-bond acceptors (Lipinski definition) is 4. The Morgan fingerprint density at radius 3 is 2.50 bits per heavy atom. The molecule has 4 rings (SSSR count). The molecule has 5 heteroatoms. The largest absolute Gasteiger partial charge is 0.469 e. The number of ether oxygens (including phenoxy) is 1. The third-order valence-corrected chi connectivity index (χ3v) is 10.3. The van der Waals surface area contributed by atoms with Gasteiger partial charge in [-0.2, -0.15) is 0 Å². The highest BCUT2D eigenvalue weighted by molar-refractivity contribution is 5.87. The van der Waals surface area contributed by atoms with Crippen LogP contribution in [0, 0.1) is 46.3 Å². The van der Waals surface area contributed by atoms with Crippen molar-refractivity contribution in [1.29, 1.82) is 0 Å². The molecule has 0 spiro atoms. The molecule has 0 aliphatic heterocycles. The summed E-state index contributed by atoms with van der Waals surface area (Å²) in [6, 6.07) is 0. The van der Waals surface area contributed by atoms with E-state index in [4.69, 9.17) is 4.74 Å². The molecule has 4 fully saturated rings. The van der Waals surface area contributed by atoms with Crippen LogP contribution in [0.1, 0.15) is 78.6 Å². The number of aliphatic hydroxyl groups is 1. The number of rotatable bonds is 4. The summed E-state index contributed by atoms with van der Waals surface area (Å²) in [5.41, 5.74) is -0.128. The maximum Gasteiger partial charge on any atom is 0.305 e. The summed E-state index contributed by atoms with van der Waals surface area (Å²) in [5.74, 6) is 0.528. The topological polar surface area (TPSA) is 63.6 Å². The summed E-state index contributed by atoms with van der Waals surface area (Å²) in [4.78, 5) is 25.0. The van der Waals surface area contributed by atoms with Crippen molar-refractivity contribution < 1.29 is 23.8 Å². The lowest BCUT2D eigenvalue weighted by Gasteiger charge is -2.61. The van der Waals surface area contributed by atoms with Crippen LogP contribution in [0.4, 0.5) is 4.39 Å². The Hall–Kier alpha value is -0.970. The highest BCUT2D eigenvalue weighted by Crippen LogP contribution is 2.67. The molecule has 0 aromatic carbocycles. The lowest BCUT2D eigenvalue weighted by Crippen LogP contribution is -2.61. The molecule has 4 aliphatic carbocycles. The zero-order valence-corrected chi connectivity index (χ0v) is 19.0. The fourth-order valence-electron chi connectivity index (χ4n) is 8.54. The molecule has 0 aromatic heterocycles. The van der Waals surface area contributed by atoms with Crippen molar-refractivity contribution in [2.75, 3.05) is 7.11 Å². The Balaban J connectivity index is 1.57. The lowest BCUT2D eigenvalue weighted by atomic mass is 9.43. The molecule has 0 amide bonds. The molecule has 4 saturated carbocycles. The Bertz CT molecular complexity index is 695. The van der Waals surface area contributed by atoms with Crippen LogP contribution < -0.4 is 0 Å². The molecule has 10 atom stereocenters. The predicted octanol–water partition coefficient (Wildman–Crippen LogP) is 4.72. The molecule has 0 bridgehead atoms. The summed E-state index contributed by atoms with van der Waals surface area (Å²) in [7, 11) is 1.43. The van der Waals surface area contributed by atoms with Crippen molar-refractivity contribution in [2.24, 2.45) is 46.3 Å². The number of aliphatic hydroxyl groups excluding tert-OH is 1. The van der Waals surface area contributed by atoms with Gasteiger partial charge < -0.3 is 9.84 Å². The summed E-state index contributed by atoms with van der Waals surface area (Å²) in [5, 5.41) is 10.1. The van der Waals surface area contributed by atoms with E-state index in [2.05, 4.69) is 20.8 Å². The number of carbonyl (C=O) groups excluding carboxylic acids is 2. The molecule has 0 saturated heterocycles. The third-order valence-electron chi connectivity index (χ3n) is 10.3. The van der Waals surface area contributed by atoms with Gasteiger partial charge in [0.2, 0.25) is 0 Å². The standard InChI is InChI=1S/C25H39FO4/c1-14(5-8-20(28)30-4)16-6-7-17-21-18(10-12-24(16,17)2)25(3)11-9-15(27)13-19(25)22(26)23(21)29/h14-19,21-22,27H,5-13H2,1-4H3/t14-,15-,16-,17+,18+,19+,21+,22-,24-,25-/m1/s1. The van der Waals surface area contributed by atoms with Gasteiger partial charge in [0.25, 0.3) is 0 Å². The highest BCUT2D eigenvalue weighted by atomic mass is 19.1. The molecule has 4 aliphatic rings. The number of alkyl halides is 1. The quantitative estimate of drug-likeness (QED) is 0.666. The summed E-state index contributed by atoms with van der Waals surface area (Å²) >= 11 is 0. The van der Waals surface area contributed by atoms with Gasteiger partial charge in [0.1, 0.15) is 0 Å². The predicted molar refractivity (Wildman–Crippen MR) is 112 cm³/mol. The second kappa shape index (κ2) is 7.86. The normalized spacial score (nSPS) is 49.0. The highest BCUT2D eigenvalue weighted by Gasteiger charge is 2.65. The van der Waals surface area contributed by atoms with Gasteiger partial charge in [0, 0.05) is 18.3 Å². The minimum absolute atomic E-state index is 0.0451. The smallest absolute Gasteiger partial charge is 0.305 e. The number of methoxy groups -OCH3 is 1. The molecule has 0 aromatic rings. The van der Waals surface area contributed by atoms with Crippen molar-refractivity contribution in [3.05, 3.63) is 0 Å². The third kappa shape index (κ3) is 3.25. The minimum Gasteiger partial charge on any atom is -0.469 e. The number of halogens is 1. The fourth-order valence-corrected chi connectivity index (χ4v) is 8.54. The summed E-state index contributed by atoms with van der Waals surface area (Å²) in [6.07, 6.45) is 5.47. The van der Waals surface area contributed by atoms with Gasteiger partial charge in [-0.3, -0.25) is 9.59 Å². The maximum absolute atomic E-state index is 15.5. The van der Waals surface area contributed by atoms with E-state index in [-0.39, 0.29) is 46.3 Å². The molecule has 0 heterocycles. The van der Waals surface area contributed by atoms with E-state index < -0.39 is 12.3 Å². The average molecular weight is 423 g/mol. The molecule has 1 N–H and O–H groups in total. The van der Waals surface area contributed by atoms with Crippen LogP contribution in [0.25, 0.3) is 0 Å². The second-order valence-electron chi connectivity index (χ2n) is 11.4. The first kappa shape index (κ1) is 22.2. The van der Waals surface area contributed by atoms with Crippen LogP contribution in [0.5, 0.6) is 0 Å². The first-order chi connectivity index (χ1) is 14.1. The van der Waals surface area contributed by atoms with E-state index in [1.54, 1.807) is 0 Å².